The molecule has 27 heavy (non-hydrogen) atoms. The van der Waals surface area contributed by atoms with E-state index >= 15 is 0 Å². The summed E-state index contributed by atoms with van der Waals surface area (Å²) >= 11 is 0. The Labute approximate surface area is 167 Å². The monoisotopic (exact) mass is 374 g/mol. The summed E-state index contributed by atoms with van der Waals surface area (Å²) in [6, 6.07) is 0. The summed E-state index contributed by atoms with van der Waals surface area (Å²) in [5.74, 6) is 2.53. The lowest BCUT2D eigenvalue weighted by atomic mass is 9.64. The third kappa shape index (κ3) is 5.55. The van der Waals surface area contributed by atoms with Crippen LogP contribution in [0.1, 0.15) is 93.4 Å². The van der Waals surface area contributed by atoms with Crippen molar-refractivity contribution in [2.75, 3.05) is 0 Å². The van der Waals surface area contributed by atoms with Crippen LogP contribution in [0.5, 0.6) is 0 Å². The van der Waals surface area contributed by atoms with Gasteiger partial charge in [-0.25, -0.2) is 0 Å². The Bertz CT molecular complexity index is 569. The second-order valence-electron chi connectivity index (χ2n) is 11.2. The fraction of sp³-hybridized carbons (Fsp3) is 0.840. The smallest absolute Gasteiger partial charge is 0.137 e. The van der Waals surface area contributed by atoms with Crippen LogP contribution < -0.4 is 0 Å². The van der Waals surface area contributed by atoms with E-state index in [1.807, 2.05) is 0 Å². The third-order valence-electron chi connectivity index (χ3n) is 7.46. The molecular weight excluding hydrogens is 332 g/mol. The molecule has 0 amide bonds. The van der Waals surface area contributed by atoms with E-state index in [9.17, 15) is 9.59 Å². The number of Topliss-reactive ketones (excluding diaryl/α,β-unsaturated/α-hetero) is 2. The SMILES string of the molecule is CC1CCC(C(C)(C)CCC(C)CC(=O)C2C(C)C=CCC2(C)C)C(=O)C1. The summed E-state index contributed by atoms with van der Waals surface area (Å²) in [5, 5.41) is 0. The number of hydrogen-bond acceptors (Lipinski definition) is 2. The molecule has 154 valence electrons. The van der Waals surface area contributed by atoms with E-state index in [0.717, 1.165) is 32.1 Å². The van der Waals surface area contributed by atoms with Crippen LogP contribution in [0.25, 0.3) is 0 Å². The van der Waals surface area contributed by atoms with Crippen molar-refractivity contribution in [2.24, 2.45) is 40.4 Å². The number of rotatable bonds is 7. The molecule has 2 heteroatoms. The number of ketones is 2. The first-order chi connectivity index (χ1) is 12.4. The van der Waals surface area contributed by atoms with Gasteiger partial charge in [-0.1, -0.05) is 60.6 Å². The molecule has 0 aliphatic heterocycles. The normalized spacial score (nSPS) is 32.3. The summed E-state index contributed by atoms with van der Waals surface area (Å²) in [7, 11) is 0. The van der Waals surface area contributed by atoms with Crippen LogP contribution in [0.4, 0.5) is 0 Å². The highest BCUT2D eigenvalue weighted by Crippen LogP contribution is 2.44. The van der Waals surface area contributed by atoms with Gasteiger partial charge in [-0.05, 0) is 60.7 Å². The standard InChI is InChI=1S/C25H42O2/c1-17-10-11-20(21(26)15-17)24(4,5)14-12-18(2)16-22(27)23-19(3)9-8-13-25(23,6)7/h8-9,17-20,23H,10-16H2,1-7H3. The molecule has 2 aliphatic rings. The van der Waals surface area contributed by atoms with Crippen LogP contribution in [-0.4, -0.2) is 11.6 Å². The molecule has 2 rings (SSSR count). The number of carbonyl (C=O) groups is 2. The van der Waals surface area contributed by atoms with Gasteiger partial charge in [0.1, 0.15) is 11.6 Å². The topological polar surface area (TPSA) is 34.1 Å². The highest BCUT2D eigenvalue weighted by molar-refractivity contribution is 5.83. The molecule has 0 radical (unpaired) electrons. The molecule has 1 saturated carbocycles. The predicted octanol–water partition coefficient (Wildman–Crippen LogP) is 6.63. The van der Waals surface area contributed by atoms with Gasteiger partial charge < -0.3 is 0 Å². The van der Waals surface area contributed by atoms with Crippen molar-refractivity contribution in [2.45, 2.75) is 93.4 Å². The molecule has 2 nitrogen and oxygen atoms in total. The Morgan fingerprint density at radius 2 is 1.93 bits per heavy atom. The van der Waals surface area contributed by atoms with E-state index < -0.39 is 0 Å². The third-order valence-corrected chi connectivity index (χ3v) is 7.46. The summed E-state index contributed by atoms with van der Waals surface area (Å²) < 4.78 is 0. The average Bonchev–Trinajstić information content (AvgIpc) is 2.51. The van der Waals surface area contributed by atoms with Crippen molar-refractivity contribution in [3.8, 4) is 0 Å². The molecule has 2 aliphatic carbocycles. The molecule has 5 atom stereocenters. The van der Waals surface area contributed by atoms with Crippen molar-refractivity contribution >= 4 is 11.6 Å². The Hall–Kier alpha value is -0.920. The van der Waals surface area contributed by atoms with Crippen LogP contribution >= 0.6 is 0 Å². The predicted molar refractivity (Wildman–Crippen MR) is 114 cm³/mol. The van der Waals surface area contributed by atoms with Crippen LogP contribution in [0.15, 0.2) is 12.2 Å². The Kier molecular flexibility index (Phi) is 7.14. The number of allylic oxidation sites excluding steroid dienone is 2. The zero-order chi connectivity index (χ0) is 20.4. The molecule has 0 heterocycles. The van der Waals surface area contributed by atoms with Gasteiger partial charge >= 0.3 is 0 Å². The largest absolute Gasteiger partial charge is 0.299 e. The fourth-order valence-electron chi connectivity index (χ4n) is 5.66. The van der Waals surface area contributed by atoms with Gasteiger partial charge in [-0.2, -0.15) is 0 Å². The quantitative estimate of drug-likeness (QED) is 0.468. The van der Waals surface area contributed by atoms with Gasteiger partial charge in [-0.3, -0.25) is 9.59 Å². The molecule has 0 spiro atoms. The Morgan fingerprint density at radius 1 is 1.26 bits per heavy atom. The first-order valence-corrected chi connectivity index (χ1v) is 11.2. The summed E-state index contributed by atoms with van der Waals surface area (Å²) in [4.78, 5) is 25.6. The number of hydrogen-bond donors (Lipinski definition) is 0. The molecule has 5 unspecified atom stereocenters. The van der Waals surface area contributed by atoms with Gasteiger partial charge in [-0.15, -0.1) is 0 Å². The molecule has 0 aromatic heterocycles. The van der Waals surface area contributed by atoms with E-state index in [-0.39, 0.29) is 22.7 Å². The van der Waals surface area contributed by atoms with Crippen molar-refractivity contribution in [3.63, 3.8) is 0 Å². The Balaban J connectivity index is 1.89. The lowest BCUT2D eigenvalue weighted by Gasteiger charge is -2.40. The maximum absolute atomic E-state index is 13.1. The second-order valence-corrected chi connectivity index (χ2v) is 11.2. The van der Waals surface area contributed by atoms with Gasteiger partial charge in [0.2, 0.25) is 0 Å². The lowest BCUT2D eigenvalue weighted by molar-refractivity contribution is -0.131. The fourth-order valence-corrected chi connectivity index (χ4v) is 5.66. The van der Waals surface area contributed by atoms with E-state index in [1.165, 1.54) is 6.42 Å². The van der Waals surface area contributed by atoms with E-state index in [1.54, 1.807) is 0 Å². The van der Waals surface area contributed by atoms with Gasteiger partial charge in [0.05, 0.1) is 0 Å². The van der Waals surface area contributed by atoms with Crippen LogP contribution in [0.2, 0.25) is 0 Å². The van der Waals surface area contributed by atoms with Crippen molar-refractivity contribution < 1.29 is 9.59 Å². The maximum atomic E-state index is 13.1. The molecule has 0 saturated heterocycles. The van der Waals surface area contributed by atoms with Gasteiger partial charge in [0, 0.05) is 24.7 Å². The molecule has 0 N–H and O–H groups in total. The molecule has 0 bridgehead atoms. The molecule has 0 aromatic rings. The van der Waals surface area contributed by atoms with Gasteiger partial charge in [0.15, 0.2) is 0 Å². The lowest BCUT2D eigenvalue weighted by Crippen LogP contribution is -2.38. The summed E-state index contributed by atoms with van der Waals surface area (Å²) in [6.07, 6.45) is 11.2. The molecular formula is C25H42O2. The first kappa shape index (κ1) is 22.4. The minimum absolute atomic E-state index is 0.0503. The average molecular weight is 375 g/mol. The van der Waals surface area contributed by atoms with Crippen molar-refractivity contribution in [1.82, 2.24) is 0 Å². The molecule has 0 aromatic carbocycles. The zero-order valence-corrected chi connectivity index (χ0v) is 18.8. The minimum Gasteiger partial charge on any atom is -0.299 e. The summed E-state index contributed by atoms with van der Waals surface area (Å²) in [5.41, 5.74) is 0.115. The van der Waals surface area contributed by atoms with Gasteiger partial charge in [0.25, 0.3) is 0 Å². The zero-order valence-electron chi connectivity index (χ0n) is 18.8. The van der Waals surface area contributed by atoms with E-state index in [0.29, 0.717) is 35.7 Å². The van der Waals surface area contributed by atoms with Crippen LogP contribution in [0.3, 0.4) is 0 Å². The number of carbonyl (C=O) groups excluding carboxylic acids is 2. The van der Waals surface area contributed by atoms with E-state index in [2.05, 4.69) is 60.6 Å². The van der Waals surface area contributed by atoms with Crippen molar-refractivity contribution in [1.29, 1.82) is 0 Å². The van der Waals surface area contributed by atoms with Crippen LogP contribution in [-0.2, 0) is 9.59 Å². The first-order valence-electron chi connectivity index (χ1n) is 11.2. The highest BCUT2D eigenvalue weighted by Gasteiger charge is 2.40. The highest BCUT2D eigenvalue weighted by atomic mass is 16.1. The Morgan fingerprint density at radius 3 is 2.52 bits per heavy atom. The maximum Gasteiger partial charge on any atom is 0.137 e. The minimum atomic E-state index is 0.0503. The van der Waals surface area contributed by atoms with E-state index in [4.69, 9.17) is 0 Å². The second kappa shape index (κ2) is 8.62. The molecule has 1 fully saturated rings. The van der Waals surface area contributed by atoms with Crippen LogP contribution in [0, 0.1) is 40.4 Å². The van der Waals surface area contributed by atoms with Crippen molar-refractivity contribution in [3.05, 3.63) is 12.2 Å². The summed E-state index contributed by atoms with van der Waals surface area (Å²) in [6.45, 7) is 15.6.